The number of hydrogen-bond acceptors (Lipinski definition) is 0. The maximum absolute atomic E-state index is 3.84. The molecule has 0 bridgehead atoms. The Balaban J connectivity index is 3.08. The first-order valence-electron chi connectivity index (χ1n) is 3.01. The molecule has 0 amide bonds. The lowest BCUT2D eigenvalue weighted by Gasteiger charge is -1.93. The van der Waals surface area contributed by atoms with Gasteiger partial charge >= 0.3 is 0 Å². The monoisotopic (exact) mass is 121 g/mol. The Kier molecular flexibility index (Phi) is 1.43. The number of aromatic nitrogens is 1. The molecule has 0 radical (unpaired) electrons. The van der Waals surface area contributed by atoms with Gasteiger partial charge in [0.25, 0.3) is 0 Å². The van der Waals surface area contributed by atoms with Gasteiger partial charge in [-0.05, 0) is 31.1 Å². The highest BCUT2D eigenvalue weighted by Crippen LogP contribution is 2.13. The summed E-state index contributed by atoms with van der Waals surface area (Å²) >= 11 is 0. The van der Waals surface area contributed by atoms with E-state index in [1.165, 1.54) is 11.3 Å². The Morgan fingerprint density at radius 2 is 2.33 bits per heavy atom. The van der Waals surface area contributed by atoms with Gasteiger partial charge in [-0.25, -0.2) is 0 Å². The van der Waals surface area contributed by atoms with Crippen molar-refractivity contribution in [2.75, 3.05) is 0 Å². The van der Waals surface area contributed by atoms with E-state index in [1.54, 1.807) is 0 Å². The van der Waals surface area contributed by atoms with Gasteiger partial charge in [-0.3, -0.25) is 0 Å². The lowest BCUT2D eigenvalue weighted by Crippen LogP contribution is -1.76. The van der Waals surface area contributed by atoms with Gasteiger partial charge in [-0.15, -0.1) is 0 Å². The van der Waals surface area contributed by atoms with E-state index in [9.17, 15) is 0 Å². The number of rotatable bonds is 1. The van der Waals surface area contributed by atoms with Crippen LogP contribution in [0, 0.1) is 6.92 Å². The second-order valence-corrected chi connectivity index (χ2v) is 2.30. The quantitative estimate of drug-likeness (QED) is 0.587. The molecule has 1 heteroatoms. The first kappa shape index (κ1) is 6.14. The average Bonchev–Trinajstić information content (AvgIpc) is 2.13. The van der Waals surface area contributed by atoms with Crippen molar-refractivity contribution in [2.24, 2.45) is 0 Å². The van der Waals surface area contributed by atoms with Crippen molar-refractivity contribution in [1.82, 2.24) is 4.98 Å². The maximum Gasteiger partial charge on any atom is 0.0191 e. The maximum atomic E-state index is 3.84. The summed E-state index contributed by atoms with van der Waals surface area (Å²) in [5, 5.41) is 0. The Hall–Kier alpha value is -0.980. The Bertz CT molecular complexity index is 220. The standard InChI is InChI=1S/C8H11N/c1-6(2)8-4-5-9-7(8)3/h4-5,9H,1H2,2-3H3. The molecule has 0 fully saturated rings. The van der Waals surface area contributed by atoms with Crippen molar-refractivity contribution in [3.8, 4) is 0 Å². The molecule has 1 nitrogen and oxygen atoms in total. The number of aromatic amines is 1. The molecule has 0 aliphatic rings. The molecule has 0 spiro atoms. The summed E-state index contributed by atoms with van der Waals surface area (Å²) in [7, 11) is 0. The van der Waals surface area contributed by atoms with E-state index in [0.29, 0.717) is 0 Å². The largest absolute Gasteiger partial charge is 0.365 e. The van der Waals surface area contributed by atoms with E-state index in [2.05, 4.69) is 11.6 Å². The molecule has 1 N–H and O–H groups in total. The molecule has 0 saturated carbocycles. The molecule has 0 saturated heterocycles. The third kappa shape index (κ3) is 1.04. The zero-order valence-corrected chi connectivity index (χ0v) is 5.86. The summed E-state index contributed by atoms with van der Waals surface area (Å²) in [6.07, 6.45) is 1.93. The van der Waals surface area contributed by atoms with Crippen molar-refractivity contribution in [1.29, 1.82) is 0 Å². The zero-order valence-electron chi connectivity index (χ0n) is 5.86. The number of allylic oxidation sites excluding steroid dienone is 1. The number of aryl methyl sites for hydroxylation is 1. The van der Waals surface area contributed by atoms with Crippen molar-refractivity contribution >= 4 is 5.57 Å². The summed E-state index contributed by atoms with van der Waals surface area (Å²) in [6, 6.07) is 2.04. The van der Waals surface area contributed by atoms with Gasteiger partial charge in [0, 0.05) is 11.9 Å². The van der Waals surface area contributed by atoms with Crippen LogP contribution in [-0.4, -0.2) is 4.98 Å². The molecule has 0 aromatic carbocycles. The molecule has 1 rings (SSSR count). The molecular weight excluding hydrogens is 110 g/mol. The van der Waals surface area contributed by atoms with Crippen LogP contribution in [0.25, 0.3) is 5.57 Å². The van der Waals surface area contributed by atoms with Crippen LogP contribution in [0.3, 0.4) is 0 Å². The third-order valence-electron chi connectivity index (χ3n) is 1.41. The van der Waals surface area contributed by atoms with Crippen LogP contribution in [0.2, 0.25) is 0 Å². The van der Waals surface area contributed by atoms with E-state index in [4.69, 9.17) is 0 Å². The summed E-state index contributed by atoms with van der Waals surface area (Å²) in [5.74, 6) is 0. The fraction of sp³-hybridized carbons (Fsp3) is 0.250. The third-order valence-corrected chi connectivity index (χ3v) is 1.41. The highest BCUT2D eigenvalue weighted by molar-refractivity contribution is 5.63. The lowest BCUT2D eigenvalue weighted by atomic mass is 10.1. The number of hydrogen-bond donors (Lipinski definition) is 1. The van der Waals surface area contributed by atoms with Crippen LogP contribution in [0.4, 0.5) is 0 Å². The molecule has 1 aromatic rings. The Morgan fingerprint density at radius 3 is 2.56 bits per heavy atom. The topological polar surface area (TPSA) is 15.8 Å². The summed E-state index contributed by atoms with van der Waals surface area (Å²) < 4.78 is 0. The fourth-order valence-electron chi connectivity index (χ4n) is 0.915. The molecule has 0 aliphatic heterocycles. The van der Waals surface area contributed by atoms with Crippen LogP contribution in [0.1, 0.15) is 18.2 Å². The van der Waals surface area contributed by atoms with E-state index in [1.807, 2.05) is 26.1 Å². The summed E-state index contributed by atoms with van der Waals surface area (Å²) in [6.45, 7) is 7.89. The van der Waals surface area contributed by atoms with Gasteiger partial charge < -0.3 is 4.98 Å². The van der Waals surface area contributed by atoms with Crippen LogP contribution in [-0.2, 0) is 0 Å². The van der Waals surface area contributed by atoms with Crippen molar-refractivity contribution in [3.63, 3.8) is 0 Å². The van der Waals surface area contributed by atoms with Gasteiger partial charge in [0.05, 0.1) is 0 Å². The summed E-state index contributed by atoms with van der Waals surface area (Å²) in [4.78, 5) is 3.09. The Labute approximate surface area is 55.4 Å². The molecule has 1 heterocycles. The predicted molar refractivity (Wildman–Crippen MR) is 40.2 cm³/mol. The van der Waals surface area contributed by atoms with E-state index < -0.39 is 0 Å². The molecule has 48 valence electrons. The van der Waals surface area contributed by atoms with Gasteiger partial charge in [-0.2, -0.15) is 0 Å². The minimum Gasteiger partial charge on any atom is -0.365 e. The SMILES string of the molecule is C=C(C)c1cc[nH]c1C. The van der Waals surface area contributed by atoms with Crippen LogP contribution in [0.5, 0.6) is 0 Å². The van der Waals surface area contributed by atoms with Crippen LogP contribution < -0.4 is 0 Å². The molecule has 1 aromatic heterocycles. The molecule has 0 atom stereocenters. The lowest BCUT2D eigenvalue weighted by molar-refractivity contribution is 1.25. The zero-order chi connectivity index (χ0) is 6.85. The van der Waals surface area contributed by atoms with Gasteiger partial charge in [0.1, 0.15) is 0 Å². The predicted octanol–water partition coefficient (Wildman–Crippen LogP) is 2.36. The van der Waals surface area contributed by atoms with Crippen molar-refractivity contribution in [3.05, 3.63) is 30.1 Å². The molecule has 0 aliphatic carbocycles. The smallest absolute Gasteiger partial charge is 0.0191 e. The average molecular weight is 121 g/mol. The number of nitrogens with one attached hydrogen (secondary N) is 1. The fourth-order valence-corrected chi connectivity index (χ4v) is 0.915. The van der Waals surface area contributed by atoms with E-state index in [-0.39, 0.29) is 0 Å². The first-order chi connectivity index (χ1) is 4.22. The normalized spacial score (nSPS) is 9.56. The van der Waals surface area contributed by atoms with E-state index in [0.717, 1.165) is 5.57 Å². The first-order valence-corrected chi connectivity index (χ1v) is 3.01. The minimum atomic E-state index is 1.12. The second-order valence-electron chi connectivity index (χ2n) is 2.30. The van der Waals surface area contributed by atoms with Crippen molar-refractivity contribution < 1.29 is 0 Å². The number of H-pyrrole nitrogens is 1. The second kappa shape index (κ2) is 2.09. The minimum absolute atomic E-state index is 1.12. The molecular formula is C8H11N. The molecule has 0 unspecified atom stereocenters. The van der Waals surface area contributed by atoms with Gasteiger partial charge in [0.15, 0.2) is 0 Å². The van der Waals surface area contributed by atoms with Crippen LogP contribution in [0.15, 0.2) is 18.8 Å². The van der Waals surface area contributed by atoms with Gasteiger partial charge in [-0.1, -0.05) is 6.58 Å². The van der Waals surface area contributed by atoms with Crippen LogP contribution >= 0.6 is 0 Å². The molecule has 9 heavy (non-hydrogen) atoms. The van der Waals surface area contributed by atoms with E-state index >= 15 is 0 Å². The highest BCUT2D eigenvalue weighted by atomic mass is 14.7. The highest BCUT2D eigenvalue weighted by Gasteiger charge is 1.96. The summed E-state index contributed by atoms with van der Waals surface area (Å²) in [5.41, 5.74) is 3.55. The Morgan fingerprint density at radius 1 is 1.67 bits per heavy atom. The van der Waals surface area contributed by atoms with Crippen molar-refractivity contribution in [2.45, 2.75) is 13.8 Å². The van der Waals surface area contributed by atoms with Gasteiger partial charge in [0.2, 0.25) is 0 Å².